The van der Waals surface area contributed by atoms with Crippen molar-refractivity contribution in [2.24, 2.45) is 0 Å². The molecule has 0 amide bonds. The molecule has 312 valence electrons. The van der Waals surface area contributed by atoms with Gasteiger partial charge in [-0.25, -0.2) is 4.98 Å². The zero-order chi connectivity index (χ0) is 42.5. The number of halogens is 1. The highest BCUT2D eigenvalue weighted by Gasteiger charge is 2.29. The number of ether oxygens (including phenoxy) is 2. The number of hydrogen-bond donors (Lipinski definition) is 3. The molecule has 5 heterocycles. The minimum Gasteiger partial charge on any atom is -0.488 e. The lowest BCUT2D eigenvalue weighted by molar-refractivity contribution is -0.144. The summed E-state index contributed by atoms with van der Waals surface area (Å²) in [6.07, 6.45) is 9.74. The largest absolute Gasteiger partial charge is 0.488 e. The highest BCUT2D eigenvalue weighted by atomic mass is 35.5. The van der Waals surface area contributed by atoms with E-state index in [-0.39, 0.29) is 19.3 Å². The number of aliphatic hydroxyl groups is 1. The van der Waals surface area contributed by atoms with Gasteiger partial charge in [-0.1, -0.05) is 48.4 Å². The van der Waals surface area contributed by atoms with Crippen molar-refractivity contribution in [1.82, 2.24) is 24.8 Å². The molecule has 3 aromatic carbocycles. The molecule has 6 aromatic rings. The van der Waals surface area contributed by atoms with Crippen LogP contribution >= 0.6 is 11.6 Å². The second-order valence-electron chi connectivity index (χ2n) is 15.9. The SMILES string of the molecule is Cc1c(COc2cc(OCc3cncc(C#N)c3)c(CN3CCCC[C@H]3C(=O)O)cc2Cl)cccc1-c1cccc(Nc2nccc3cc(CN4CC[C@@H](O)C4)cnc23)c1C. The predicted octanol–water partition coefficient (Wildman–Crippen LogP) is 8.74. The van der Waals surface area contributed by atoms with E-state index in [1.54, 1.807) is 30.6 Å². The van der Waals surface area contributed by atoms with E-state index in [0.29, 0.717) is 54.0 Å². The van der Waals surface area contributed by atoms with Crippen LogP contribution in [0.4, 0.5) is 11.5 Å². The number of likely N-dealkylation sites (tertiary alicyclic amines) is 2. The molecule has 2 atom stereocenters. The number of carboxylic acids is 1. The Bertz CT molecular complexity index is 2620. The Morgan fingerprint density at radius 2 is 1.70 bits per heavy atom. The van der Waals surface area contributed by atoms with Crippen LogP contribution in [0, 0.1) is 25.2 Å². The molecule has 8 rings (SSSR count). The average Bonchev–Trinajstić information content (AvgIpc) is 3.68. The Kier molecular flexibility index (Phi) is 12.7. The third-order valence-corrected chi connectivity index (χ3v) is 12.0. The number of nitrogens with zero attached hydrogens (tertiary/aromatic N) is 6. The zero-order valence-electron chi connectivity index (χ0n) is 34.3. The Balaban J connectivity index is 1.02. The molecule has 0 radical (unpaired) electrons. The normalized spacial score (nSPS) is 17.0. The van der Waals surface area contributed by atoms with Crippen LogP contribution in [0.2, 0.25) is 5.02 Å². The quantitative estimate of drug-likeness (QED) is 0.0960. The summed E-state index contributed by atoms with van der Waals surface area (Å²) in [6.45, 7) is 7.88. The van der Waals surface area contributed by atoms with E-state index in [0.717, 1.165) is 93.4 Å². The molecule has 0 saturated carbocycles. The number of pyridine rings is 3. The second-order valence-corrected chi connectivity index (χ2v) is 16.3. The monoisotopic (exact) mass is 837 g/mol. The lowest BCUT2D eigenvalue weighted by Gasteiger charge is -2.33. The molecule has 0 spiro atoms. The van der Waals surface area contributed by atoms with Gasteiger partial charge in [0, 0.05) is 79.2 Å². The topological polar surface area (TPSA) is 157 Å². The number of carboxylic acid groups (broad SMARTS) is 1. The lowest BCUT2D eigenvalue weighted by Crippen LogP contribution is -2.44. The number of anilines is 2. The summed E-state index contributed by atoms with van der Waals surface area (Å²) >= 11 is 6.91. The maximum atomic E-state index is 12.1. The molecule has 2 aliphatic heterocycles. The van der Waals surface area contributed by atoms with Crippen LogP contribution in [0.5, 0.6) is 11.5 Å². The van der Waals surface area contributed by atoms with Crippen molar-refractivity contribution in [2.75, 3.05) is 25.0 Å². The van der Waals surface area contributed by atoms with Crippen molar-refractivity contribution in [3.05, 3.63) is 135 Å². The molecule has 2 fully saturated rings. The van der Waals surface area contributed by atoms with E-state index >= 15 is 0 Å². The van der Waals surface area contributed by atoms with Crippen LogP contribution in [-0.2, 0) is 31.1 Å². The van der Waals surface area contributed by atoms with E-state index < -0.39 is 12.0 Å². The molecule has 0 bridgehead atoms. The van der Waals surface area contributed by atoms with Gasteiger partial charge in [0.1, 0.15) is 42.3 Å². The Hall–Kier alpha value is -6.10. The van der Waals surface area contributed by atoms with Crippen LogP contribution in [0.25, 0.3) is 22.0 Å². The first kappa shape index (κ1) is 41.6. The number of carbonyl (C=O) groups is 1. The summed E-state index contributed by atoms with van der Waals surface area (Å²) < 4.78 is 12.8. The van der Waals surface area contributed by atoms with Gasteiger partial charge in [-0.2, -0.15) is 5.26 Å². The number of hydrogen-bond acceptors (Lipinski definition) is 11. The van der Waals surface area contributed by atoms with Crippen LogP contribution in [-0.4, -0.2) is 72.7 Å². The van der Waals surface area contributed by atoms with Crippen molar-refractivity contribution in [1.29, 1.82) is 5.26 Å². The molecule has 13 heteroatoms. The molecule has 12 nitrogen and oxygen atoms in total. The molecular formula is C48H48ClN7O5. The van der Waals surface area contributed by atoms with Crippen LogP contribution < -0.4 is 14.8 Å². The van der Waals surface area contributed by atoms with Gasteiger partial charge in [0.2, 0.25) is 0 Å². The summed E-state index contributed by atoms with van der Waals surface area (Å²) in [5, 5.41) is 34.3. The summed E-state index contributed by atoms with van der Waals surface area (Å²) in [6, 6.07) is 23.3. The first-order chi connectivity index (χ1) is 29.6. The van der Waals surface area contributed by atoms with Gasteiger partial charge in [-0.3, -0.25) is 24.6 Å². The van der Waals surface area contributed by atoms with E-state index in [4.69, 9.17) is 26.1 Å². The van der Waals surface area contributed by atoms with E-state index in [1.165, 1.54) is 6.20 Å². The molecule has 2 aliphatic rings. The van der Waals surface area contributed by atoms with Gasteiger partial charge < -0.3 is 25.0 Å². The maximum absolute atomic E-state index is 12.1. The van der Waals surface area contributed by atoms with Gasteiger partial charge in [0.15, 0.2) is 5.82 Å². The van der Waals surface area contributed by atoms with E-state index in [2.05, 4.69) is 58.3 Å². The summed E-state index contributed by atoms with van der Waals surface area (Å²) in [5.41, 5.74) is 9.94. The highest BCUT2D eigenvalue weighted by Crippen LogP contribution is 2.38. The lowest BCUT2D eigenvalue weighted by atomic mass is 9.93. The number of nitrogens with one attached hydrogen (secondary N) is 1. The smallest absolute Gasteiger partial charge is 0.320 e. The number of aromatic nitrogens is 3. The minimum atomic E-state index is -0.840. The van der Waals surface area contributed by atoms with Crippen LogP contribution in [0.15, 0.2) is 91.5 Å². The number of aliphatic hydroxyl groups excluding tert-OH is 1. The number of β-amino-alcohol motifs (C(OH)–C–C–N with tert-alkyl or cyclic N) is 1. The van der Waals surface area contributed by atoms with Gasteiger partial charge in [-0.05, 0) is 103 Å². The highest BCUT2D eigenvalue weighted by molar-refractivity contribution is 6.32. The number of benzene rings is 3. The number of nitriles is 1. The van der Waals surface area contributed by atoms with Crippen molar-refractivity contribution < 1.29 is 24.5 Å². The third kappa shape index (κ3) is 9.61. The first-order valence-corrected chi connectivity index (χ1v) is 21.0. The molecular weight excluding hydrogens is 790 g/mol. The Labute approximate surface area is 360 Å². The Morgan fingerprint density at radius 3 is 2.51 bits per heavy atom. The Morgan fingerprint density at radius 1 is 0.885 bits per heavy atom. The fourth-order valence-corrected chi connectivity index (χ4v) is 8.63. The number of fused-ring (bicyclic) bond motifs is 1. The average molecular weight is 838 g/mol. The molecule has 61 heavy (non-hydrogen) atoms. The van der Waals surface area contributed by atoms with Crippen molar-refractivity contribution in [3.63, 3.8) is 0 Å². The predicted molar refractivity (Wildman–Crippen MR) is 235 cm³/mol. The van der Waals surface area contributed by atoms with Crippen molar-refractivity contribution >= 4 is 40.0 Å². The fourth-order valence-electron chi connectivity index (χ4n) is 8.39. The first-order valence-electron chi connectivity index (χ1n) is 20.6. The molecule has 3 N–H and O–H groups in total. The third-order valence-electron chi connectivity index (χ3n) is 11.7. The van der Waals surface area contributed by atoms with Crippen LogP contribution in [0.3, 0.4) is 0 Å². The summed E-state index contributed by atoms with van der Waals surface area (Å²) in [5.74, 6) is 0.785. The molecule has 0 aliphatic carbocycles. The van der Waals surface area contributed by atoms with Gasteiger partial charge in [0.25, 0.3) is 0 Å². The van der Waals surface area contributed by atoms with Crippen molar-refractivity contribution in [3.8, 4) is 28.7 Å². The second kappa shape index (κ2) is 18.7. The summed E-state index contributed by atoms with van der Waals surface area (Å²) in [4.78, 5) is 30.0. The molecule has 3 aromatic heterocycles. The number of aliphatic carboxylic acids is 1. The van der Waals surface area contributed by atoms with E-state index in [9.17, 15) is 20.3 Å². The van der Waals surface area contributed by atoms with Gasteiger partial charge in [-0.15, -0.1) is 0 Å². The standard InChI is InChI=1S/C48H48ClN7O5/c1-30-36(29-61-45-20-44(60-28-34-17-32(21-50)22-51-23-34)37(19-41(45)49)26-56-15-4-3-11-43(56)48(58)59)7-5-8-39(30)40-9-6-10-42(31(40)2)54-47-46-35(12-14-52-47)18-33(24-53-46)25-55-16-13-38(57)27-55/h5-10,12,14,17-20,22-24,38,43,57H,3-4,11,13,15-16,25-29H2,1-2H3,(H,52,54)(H,58,59)/t38-,43+/m1/s1. The zero-order valence-corrected chi connectivity index (χ0v) is 35.0. The van der Waals surface area contributed by atoms with Gasteiger partial charge in [0.05, 0.1) is 16.7 Å². The maximum Gasteiger partial charge on any atom is 0.320 e. The summed E-state index contributed by atoms with van der Waals surface area (Å²) in [7, 11) is 0. The molecule has 0 unspecified atom stereocenters. The van der Waals surface area contributed by atoms with Gasteiger partial charge >= 0.3 is 5.97 Å². The number of rotatable bonds is 14. The molecule has 2 saturated heterocycles. The number of piperidine rings is 1. The van der Waals surface area contributed by atoms with Crippen molar-refractivity contribution in [2.45, 2.75) is 78.0 Å². The van der Waals surface area contributed by atoms with E-state index in [1.807, 2.05) is 41.4 Å². The van der Waals surface area contributed by atoms with Crippen LogP contribution in [0.1, 0.15) is 64.6 Å². The fraction of sp³-hybridized carbons (Fsp3) is 0.312. The minimum absolute atomic E-state index is 0.146.